The molecule has 1 fully saturated rings. The third kappa shape index (κ3) is 6.00. The second-order valence-electron chi connectivity index (χ2n) is 6.76. The van der Waals surface area contributed by atoms with Crippen molar-refractivity contribution in [1.82, 2.24) is 5.32 Å². The minimum absolute atomic E-state index is 0.427. The number of rotatable bonds is 9. The molecule has 1 unspecified atom stereocenters. The Morgan fingerprint density at radius 3 is 2.50 bits per heavy atom. The highest BCUT2D eigenvalue weighted by Gasteiger charge is 2.14. The van der Waals surface area contributed by atoms with E-state index in [0.717, 1.165) is 31.2 Å². The van der Waals surface area contributed by atoms with Crippen molar-refractivity contribution < 1.29 is 4.74 Å². The van der Waals surface area contributed by atoms with E-state index in [2.05, 4.69) is 43.4 Å². The van der Waals surface area contributed by atoms with Gasteiger partial charge in [0.25, 0.3) is 0 Å². The van der Waals surface area contributed by atoms with Crippen LogP contribution in [-0.2, 0) is 0 Å². The highest BCUT2D eigenvalue weighted by Crippen LogP contribution is 2.24. The fraction of sp³-hybridized carbons (Fsp3) is 0.700. The van der Waals surface area contributed by atoms with Crippen LogP contribution in [-0.4, -0.2) is 13.2 Å². The van der Waals surface area contributed by atoms with E-state index < -0.39 is 0 Å². The molecule has 0 amide bonds. The van der Waals surface area contributed by atoms with Gasteiger partial charge in [0, 0.05) is 6.04 Å². The molecule has 0 bridgehead atoms. The quantitative estimate of drug-likeness (QED) is 0.609. The second-order valence-corrected chi connectivity index (χ2v) is 6.76. The first-order chi connectivity index (χ1) is 10.8. The van der Waals surface area contributed by atoms with Gasteiger partial charge in [-0.25, -0.2) is 0 Å². The molecule has 2 rings (SSSR count). The molecule has 1 aliphatic carbocycles. The third-order valence-electron chi connectivity index (χ3n) is 4.83. The molecular weight excluding hydrogens is 270 g/mol. The summed E-state index contributed by atoms with van der Waals surface area (Å²) in [6.45, 7) is 6.48. The van der Waals surface area contributed by atoms with Crippen molar-refractivity contribution in [1.29, 1.82) is 0 Å². The van der Waals surface area contributed by atoms with Gasteiger partial charge in [0.1, 0.15) is 5.75 Å². The molecule has 1 aliphatic rings. The Hall–Kier alpha value is -1.02. The maximum atomic E-state index is 5.78. The zero-order chi connectivity index (χ0) is 15.6. The normalized spacial score (nSPS) is 17.4. The molecule has 1 N–H and O–H groups in total. The Labute approximate surface area is 136 Å². The van der Waals surface area contributed by atoms with Crippen molar-refractivity contribution in [3.63, 3.8) is 0 Å². The lowest BCUT2D eigenvalue weighted by Crippen LogP contribution is -2.27. The van der Waals surface area contributed by atoms with E-state index in [0.29, 0.717) is 6.04 Å². The van der Waals surface area contributed by atoms with Gasteiger partial charge in [-0.3, -0.25) is 0 Å². The molecule has 124 valence electrons. The van der Waals surface area contributed by atoms with Gasteiger partial charge in [-0.05, 0) is 56.3 Å². The van der Waals surface area contributed by atoms with Gasteiger partial charge in [-0.2, -0.15) is 0 Å². The number of unbranched alkanes of at least 4 members (excludes halogenated alkanes) is 2. The second kappa shape index (κ2) is 9.89. The van der Waals surface area contributed by atoms with Gasteiger partial charge in [0.15, 0.2) is 0 Å². The molecule has 1 aromatic rings. The van der Waals surface area contributed by atoms with Crippen LogP contribution in [0.25, 0.3) is 0 Å². The van der Waals surface area contributed by atoms with Crippen molar-refractivity contribution >= 4 is 0 Å². The molecule has 22 heavy (non-hydrogen) atoms. The lowest BCUT2D eigenvalue weighted by molar-refractivity contribution is 0.306. The Kier molecular flexibility index (Phi) is 7.79. The van der Waals surface area contributed by atoms with Crippen LogP contribution in [0.5, 0.6) is 5.75 Å². The highest BCUT2D eigenvalue weighted by molar-refractivity contribution is 5.28. The van der Waals surface area contributed by atoms with E-state index >= 15 is 0 Å². The van der Waals surface area contributed by atoms with Crippen LogP contribution in [0, 0.1) is 5.92 Å². The maximum absolute atomic E-state index is 5.78. The summed E-state index contributed by atoms with van der Waals surface area (Å²) in [7, 11) is 0. The summed E-state index contributed by atoms with van der Waals surface area (Å²) < 4.78 is 5.78. The summed E-state index contributed by atoms with van der Waals surface area (Å²) in [5, 5.41) is 3.71. The first-order valence-electron chi connectivity index (χ1n) is 9.25. The highest BCUT2D eigenvalue weighted by atomic mass is 16.5. The van der Waals surface area contributed by atoms with Crippen molar-refractivity contribution in [2.45, 2.75) is 71.3 Å². The number of hydrogen-bond acceptors (Lipinski definition) is 2. The topological polar surface area (TPSA) is 21.3 Å². The van der Waals surface area contributed by atoms with Gasteiger partial charge in [0.2, 0.25) is 0 Å². The molecule has 0 saturated heterocycles. The summed E-state index contributed by atoms with van der Waals surface area (Å²) in [4.78, 5) is 0. The Morgan fingerprint density at radius 2 is 1.82 bits per heavy atom. The van der Waals surface area contributed by atoms with Gasteiger partial charge < -0.3 is 10.1 Å². The van der Waals surface area contributed by atoms with Crippen LogP contribution in [0.3, 0.4) is 0 Å². The summed E-state index contributed by atoms with van der Waals surface area (Å²) in [6, 6.07) is 9.05. The van der Waals surface area contributed by atoms with E-state index in [-0.39, 0.29) is 0 Å². The van der Waals surface area contributed by atoms with Gasteiger partial charge >= 0.3 is 0 Å². The molecule has 2 heteroatoms. The van der Waals surface area contributed by atoms with Crippen molar-refractivity contribution in [3.8, 4) is 5.75 Å². The lowest BCUT2D eigenvalue weighted by Gasteiger charge is -2.24. The van der Waals surface area contributed by atoms with E-state index in [1.165, 1.54) is 50.5 Å². The van der Waals surface area contributed by atoms with Gasteiger partial charge in [-0.15, -0.1) is 0 Å². The van der Waals surface area contributed by atoms with Gasteiger partial charge in [-0.1, -0.05) is 51.2 Å². The minimum Gasteiger partial charge on any atom is -0.494 e. The number of nitrogens with one attached hydrogen (secondary N) is 1. The third-order valence-corrected chi connectivity index (χ3v) is 4.83. The molecule has 0 heterocycles. The SMILES string of the molecule is CCCCCOc1ccc(C(C)NCC2CCCCC2)cc1. The average Bonchev–Trinajstić information content (AvgIpc) is 2.58. The number of ether oxygens (including phenoxy) is 1. The van der Waals surface area contributed by atoms with Crippen LogP contribution < -0.4 is 10.1 Å². The van der Waals surface area contributed by atoms with Crippen molar-refractivity contribution in [2.75, 3.05) is 13.2 Å². The van der Waals surface area contributed by atoms with E-state index in [9.17, 15) is 0 Å². The fourth-order valence-corrected chi connectivity index (χ4v) is 3.25. The average molecular weight is 303 g/mol. The number of hydrogen-bond donors (Lipinski definition) is 1. The summed E-state index contributed by atoms with van der Waals surface area (Å²) in [6.07, 6.45) is 10.7. The monoisotopic (exact) mass is 303 g/mol. The minimum atomic E-state index is 0.427. The maximum Gasteiger partial charge on any atom is 0.119 e. The molecule has 0 aromatic heterocycles. The lowest BCUT2D eigenvalue weighted by atomic mass is 9.89. The summed E-state index contributed by atoms with van der Waals surface area (Å²) in [5.41, 5.74) is 1.36. The molecule has 2 nitrogen and oxygen atoms in total. The van der Waals surface area contributed by atoms with Gasteiger partial charge in [0.05, 0.1) is 6.61 Å². The molecule has 0 aliphatic heterocycles. The first-order valence-corrected chi connectivity index (χ1v) is 9.25. The van der Waals surface area contributed by atoms with E-state index in [1.807, 2.05) is 0 Å². The number of benzene rings is 1. The molecule has 0 radical (unpaired) electrons. The predicted molar refractivity (Wildman–Crippen MR) is 94.5 cm³/mol. The van der Waals surface area contributed by atoms with Crippen LogP contribution >= 0.6 is 0 Å². The molecule has 1 aromatic carbocycles. The molecule has 0 spiro atoms. The summed E-state index contributed by atoms with van der Waals surface area (Å²) in [5.74, 6) is 1.89. The molecule has 1 saturated carbocycles. The molecule has 1 atom stereocenters. The predicted octanol–water partition coefficient (Wildman–Crippen LogP) is 5.49. The van der Waals surface area contributed by atoms with Crippen molar-refractivity contribution in [2.24, 2.45) is 5.92 Å². The Morgan fingerprint density at radius 1 is 1.09 bits per heavy atom. The van der Waals surface area contributed by atoms with Crippen LogP contribution in [0.15, 0.2) is 24.3 Å². The fourth-order valence-electron chi connectivity index (χ4n) is 3.25. The van der Waals surface area contributed by atoms with Crippen LogP contribution in [0.2, 0.25) is 0 Å². The Balaban J connectivity index is 1.71. The van der Waals surface area contributed by atoms with E-state index in [1.54, 1.807) is 0 Å². The zero-order valence-corrected chi connectivity index (χ0v) is 14.4. The zero-order valence-electron chi connectivity index (χ0n) is 14.4. The Bertz CT molecular complexity index is 395. The molecular formula is C20H33NO. The largest absolute Gasteiger partial charge is 0.494 e. The first kappa shape index (κ1) is 17.3. The van der Waals surface area contributed by atoms with E-state index in [4.69, 9.17) is 4.74 Å². The standard InChI is InChI=1S/C20H33NO/c1-3-4-8-15-22-20-13-11-19(12-14-20)17(2)21-16-18-9-6-5-7-10-18/h11-14,17-18,21H,3-10,15-16H2,1-2H3. The van der Waals surface area contributed by atoms with Crippen molar-refractivity contribution in [3.05, 3.63) is 29.8 Å². The summed E-state index contributed by atoms with van der Waals surface area (Å²) >= 11 is 0. The van der Waals surface area contributed by atoms with Crippen LogP contribution in [0.1, 0.15) is 76.8 Å². The smallest absolute Gasteiger partial charge is 0.119 e. The van der Waals surface area contributed by atoms with Crippen LogP contribution in [0.4, 0.5) is 0 Å².